The molecule has 4 heteroatoms. The number of halogens is 2. The zero-order valence-electron chi connectivity index (χ0n) is 5.77. The fourth-order valence-corrected chi connectivity index (χ4v) is 0.780. The van der Waals surface area contributed by atoms with E-state index in [1.54, 1.807) is 6.92 Å². The first kappa shape index (κ1) is 8.14. The summed E-state index contributed by atoms with van der Waals surface area (Å²) >= 11 is 5.58. The van der Waals surface area contributed by atoms with E-state index in [4.69, 9.17) is 11.6 Å². The molecule has 0 fully saturated rings. The van der Waals surface area contributed by atoms with Gasteiger partial charge in [-0.05, 0) is 13.0 Å². The third kappa shape index (κ3) is 1.74. The summed E-state index contributed by atoms with van der Waals surface area (Å²) in [6, 6.07) is -0.258. The first-order chi connectivity index (χ1) is 5.11. The lowest BCUT2D eigenvalue weighted by Gasteiger charge is -1.96. The van der Waals surface area contributed by atoms with Crippen LogP contribution in [-0.4, -0.2) is 11.0 Å². The Balaban J connectivity index is 3.15. The zero-order chi connectivity index (χ0) is 8.43. The summed E-state index contributed by atoms with van der Waals surface area (Å²) < 4.78 is 12.0. The van der Waals surface area contributed by atoms with E-state index in [1.807, 2.05) is 0 Å². The molecule has 1 heterocycles. The Bertz CT molecular complexity index is 300. The lowest BCUT2D eigenvalue weighted by atomic mass is 10.3. The third-order valence-electron chi connectivity index (χ3n) is 1.25. The summed E-state index contributed by atoms with van der Waals surface area (Å²) in [6.45, 7) is 1.68. The summed E-state index contributed by atoms with van der Waals surface area (Å²) in [6.07, 6.45) is 1.16. The minimum Gasteiger partial charge on any atom is -0.259 e. The molecule has 11 heavy (non-hydrogen) atoms. The SMILES string of the molecule is Cc1ncc(C(=O)F)cc1Cl. The van der Waals surface area contributed by atoms with Gasteiger partial charge >= 0.3 is 6.04 Å². The van der Waals surface area contributed by atoms with Crippen LogP contribution >= 0.6 is 11.6 Å². The standard InChI is InChI=1S/C7H5ClFNO/c1-4-6(8)2-5(3-10-4)7(9)11/h2-3H,1H3. The van der Waals surface area contributed by atoms with Crippen LogP contribution in [0.3, 0.4) is 0 Å². The molecule has 58 valence electrons. The van der Waals surface area contributed by atoms with Gasteiger partial charge in [0.15, 0.2) is 0 Å². The van der Waals surface area contributed by atoms with Gasteiger partial charge in [0, 0.05) is 6.20 Å². The van der Waals surface area contributed by atoms with Crippen LogP contribution in [0, 0.1) is 6.92 Å². The van der Waals surface area contributed by atoms with E-state index in [9.17, 15) is 9.18 Å². The molecule has 0 spiro atoms. The highest BCUT2D eigenvalue weighted by atomic mass is 35.5. The van der Waals surface area contributed by atoms with Gasteiger partial charge in [-0.25, -0.2) is 0 Å². The van der Waals surface area contributed by atoms with Gasteiger partial charge in [-0.1, -0.05) is 11.6 Å². The Kier molecular flexibility index (Phi) is 2.19. The lowest BCUT2D eigenvalue weighted by molar-refractivity contribution is 0.0835. The number of pyridine rings is 1. The van der Waals surface area contributed by atoms with E-state index < -0.39 is 6.04 Å². The van der Waals surface area contributed by atoms with Crippen molar-refractivity contribution < 1.29 is 9.18 Å². The van der Waals surface area contributed by atoms with Gasteiger partial charge in [0.05, 0.1) is 16.3 Å². The third-order valence-corrected chi connectivity index (χ3v) is 1.63. The van der Waals surface area contributed by atoms with Crippen LogP contribution in [0.25, 0.3) is 0 Å². The average molecular weight is 174 g/mol. The molecule has 0 N–H and O–H groups in total. The van der Waals surface area contributed by atoms with Gasteiger partial charge < -0.3 is 0 Å². The largest absolute Gasteiger partial charge is 0.333 e. The van der Waals surface area contributed by atoms with Crippen LogP contribution in [0.15, 0.2) is 12.3 Å². The predicted octanol–water partition coefficient (Wildman–Crippen LogP) is 2.15. The average Bonchev–Trinajstić information content (AvgIpc) is 1.94. The van der Waals surface area contributed by atoms with Crippen molar-refractivity contribution in [3.63, 3.8) is 0 Å². The van der Waals surface area contributed by atoms with E-state index in [1.165, 1.54) is 6.07 Å². The molecule has 1 rings (SSSR count). The number of hydrogen-bond acceptors (Lipinski definition) is 2. The molecule has 0 radical (unpaired) electrons. The second-order valence-corrected chi connectivity index (χ2v) is 2.47. The first-order valence-electron chi connectivity index (χ1n) is 2.93. The van der Waals surface area contributed by atoms with E-state index in [2.05, 4.69) is 4.98 Å². The van der Waals surface area contributed by atoms with Crippen LogP contribution in [-0.2, 0) is 0 Å². The molecular weight excluding hydrogens is 169 g/mol. The van der Waals surface area contributed by atoms with Gasteiger partial charge in [0.1, 0.15) is 0 Å². The number of aromatic nitrogens is 1. The molecule has 0 atom stereocenters. The number of carbonyl (C=O) groups excluding carboxylic acids is 1. The van der Waals surface area contributed by atoms with Crippen molar-refractivity contribution in [2.45, 2.75) is 6.92 Å². The molecule has 0 bridgehead atoms. The smallest absolute Gasteiger partial charge is 0.259 e. The number of nitrogens with zero attached hydrogens (tertiary/aromatic N) is 1. The zero-order valence-corrected chi connectivity index (χ0v) is 6.52. The summed E-state index contributed by atoms with van der Waals surface area (Å²) in [5.74, 6) is 0. The van der Waals surface area contributed by atoms with Crippen LogP contribution < -0.4 is 0 Å². The number of carbonyl (C=O) groups is 1. The van der Waals surface area contributed by atoms with E-state index in [0.29, 0.717) is 10.7 Å². The molecule has 0 aromatic carbocycles. The topological polar surface area (TPSA) is 30.0 Å². The Morgan fingerprint density at radius 3 is 2.82 bits per heavy atom. The highest BCUT2D eigenvalue weighted by Crippen LogP contribution is 2.14. The van der Waals surface area contributed by atoms with Gasteiger partial charge in [0.25, 0.3) is 0 Å². The van der Waals surface area contributed by atoms with E-state index in [-0.39, 0.29) is 5.56 Å². The molecule has 0 aliphatic heterocycles. The van der Waals surface area contributed by atoms with Crippen molar-refractivity contribution in [3.05, 3.63) is 28.5 Å². The van der Waals surface area contributed by atoms with Crippen molar-refractivity contribution in [1.29, 1.82) is 0 Å². The maximum atomic E-state index is 12.0. The predicted molar refractivity (Wildman–Crippen MR) is 39.4 cm³/mol. The van der Waals surface area contributed by atoms with Crippen LogP contribution in [0.1, 0.15) is 16.1 Å². The summed E-state index contributed by atoms with van der Waals surface area (Å²) in [5.41, 5.74) is 0.470. The highest BCUT2D eigenvalue weighted by molar-refractivity contribution is 6.31. The summed E-state index contributed by atoms with van der Waals surface area (Å²) in [4.78, 5) is 13.9. The van der Waals surface area contributed by atoms with Crippen molar-refractivity contribution >= 4 is 17.6 Å². The van der Waals surface area contributed by atoms with E-state index >= 15 is 0 Å². The molecule has 0 amide bonds. The van der Waals surface area contributed by atoms with Gasteiger partial charge in [0.2, 0.25) is 0 Å². The van der Waals surface area contributed by atoms with Gasteiger partial charge in [-0.2, -0.15) is 4.39 Å². The molecule has 0 aliphatic rings. The minimum absolute atomic E-state index is 0.111. The molecule has 0 saturated heterocycles. The van der Waals surface area contributed by atoms with Crippen molar-refractivity contribution in [2.75, 3.05) is 0 Å². The highest BCUT2D eigenvalue weighted by Gasteiger charge is 2.05. The second-order valence-electron chi connectivity index (χ2n) is 2.06. The van der Waals surface area contributed by atoms with Gasteiger partial charge in [-0.15, -0.1) is 0 Å². The fourth-order valence-electron chi connectivity index (χ4n) is 0.614. The Labute approximate surface area is 68.0 Å². The van der Waals surface area contributed by atoms with Crippen LogP contribution in [0.5, 0.6) is 0 Å². The van der Waals surface area contributed by atoms with Crippen molar-refractivity contribution in [2.24, 2.45) is 0 Å². The lowest BCUT2D eigenvalue weighted by Crippen LogP contribution is -1.92. The molecular formula is C7H5ClFNO. The monoisotopic (exact) mass is 173 g/mol. The summed E-state index contributed by atoms with van der Waals surface area (Å²) in [7, 11) is 0. The molecule has 0 unspecified atom stereocenters. The van der Waals surface area contributed by atoms with Crippen molar-refractivity contribution in [1.82, 2.24) is 4.98 Å². The minimum atomic E-state index is -1.51. The molecule has 1 aromatic heterocycles. The quantitative estimate of drug-likeness (QED) is 0.609. The molecule has 2 nitrogen and oxygen atoms in total. The van der Waals surface area contributed by atoms with Crippen LogP contribution in [0.4, 0.5) is 4.39 Å². The van der Waals surface area contributed by atoms with E-state index in [0.717, 1.165) is 6.20 Å². The molecule has 0 aliphatic carbocycles. The molecule has 1 aromatic rings. The number of hydrogen-bond donors (Lipinski definition) is 0. The summed E-state index contributed by atoms with van der Waals surface area (Å²) in [5, 5.41) is 0.300. The Morgan fingerprint density at radius 1 is 1.73 bits per heavy atom. The number of rotatable bonds is 1. The number of aryl methyl sites for hydroxylation is 1. The second kappa shape index (κ2) is 2.96. The Morgan fingerprint density at radius 2 is 2.36 bits per heavy atom. The maximum Gasteiger partial charge on any atom is 0.333 e. The normalized spacial score (nSPS) is 9.73. The molecule has 0 saturated carbocycles. The van der Waals surface area contributed by atoms with Gasteiger partial charge in [-0.3, -0.25) is 9.78 Å². The maximum absolute atomic E-state index is 12.0. The Hall–Kier alpha value is -0.960. The van der Waals surface area contributed by atoms with Crippen molar-refractivity contribution in [3.8, 4) is 0 Å². The first-order valence-corrected chi connectivity index (χ1v) is 3.31. The van der Waals surface area contributed by atoms with Crippen LogP contribution in [0.2, 0.25) is 5.02 Å². The fraction of sp³-hybridized carbons (Fsp3) is 0.143.